The third-order valence-electron chi connectivity index (χ3n) is 2.73. The van der Waals surface area contributed by atoms with E-state index in [0.717, 1.165) is 11.3 Å². The minimum absolute atomic E-state index is 0.0477. The lowest BCUT2D eigenvalue weighted by atomic mass is 10.1. The lowest BCUT2D eigenvalue weighted by molar-refractivity contribution is 0.339. The highest BCUT2D eigenvalue weighted by molar-refractivity contribution is 6.29. The van der Waals surface area contributed by atoms with Gasteiger partial charge in [0.1, 0.15) is 23.3 Å². The third-order valence-corrected chi connectivity index (χ3v) is 2.93. The summed E-state index contributed by atoms with van der Waals surface area (Å²) in [4.78, 5) is 7.90. The standard InChI is InChI=1S/C12H11ClN4O/c13-10-5-11(17-12(14)16-10)15-8-6-18-9-4-2-1-3-7(8)9/h1-5,8H,6H2,(H3,14,15,16,17)/t8-/m1/s1. The van der Waals surface area contributed by atoms with Gasteiger partial charge < -0.3 is 15.8 Å². The van der Waals surface area contributed by atoms with Gasteiger partial charge in [0.2, 0.25) is 5.95 Å². The number of nitrogens with one attached hydrogen (secondary N) is 1. The first-order valence-electron chi connectivity index (χ1n) is 5.51. The molecule has 0 fully saturated rings. The molecule has 0 saturated heterocycles. The maximum Gasteiger partial charge on any atom is 0.223 e. The number of anilines is 2. The van der Waals surface area contributed by atoms with Crippen molar-refractivity contribution in [2.75, 3.05) is 17.7 Å². The first-order chi connectivity index (χ1) is 8.72. The SMILES string of the molecule is Nc1nc(Cl)cc(N[C@@H]2COc3ccccc32)n1. The van der Waals surface area contributed by atoms with Gasteiger partial charge in [-0.3, -0.25) is 0 Å². The van der Waals surface area contributed by atoms with Gasteiger partial charge in [-0.15, -0.1) is 0 Å². The molecule has 1 aromatic heterocycles. The van der Waals surface area contributed by atoms with Gasteiger partial charge in [0, 0.05) is 11.6 Å². The molecule has 0 amide bonds. The van der Waals surface area contributed by atoms with E-state index in [9.17, 15) is 0 Å². The van der Waals surface area contributed by atoms with Crippen molar-refractivity contribution in [3.05, 3.63) is 41.0 Å². The highest BCUT2D eigenvalue weighted by atomic mass is 35.5. The van der Waals surface area contributed by atoms with Crippen LogP contribution in [0.2, 0.25) is 5.15 Å². The quantitative estimate of drug-likeness (QED) is 0.812. The van der Waals surface area contributed by atoms with Crippen molar-refractivity contribution in [1.29, 1.82) is 0 Å². The van der Waals surface area contributed by atoms with E-state index in [1.807, 2.05) is 24.3 Å². The molecule has 2 heterocycles. The Morgan fingerprint density at radius 3 is 3.00 bits per heavy atom. The van der Waals surface area contributed by atoms with E-state index in [2.05, 4.69) is 15.3 Å². The van der Waals surface area contributed by atoms with Gasteiger partial charge in [0.25, 0.3) is 0 Å². The molecule has 1 aliphatic rings. The van der Waals surface area contributed by atoms with Gasteiger partial charge in [-0.25, -0.2) is 4.98 Å². The van der Waals surface area contributed by atoms with Crippen LogP contribution in [0.1, 0.15) is 11.6 Å². The zero-order chi connectivity index (χ0) is 12.5. The van der Waals surface area contributed by atoms with Gasteiger partial charge in [0.15, 0.2) is 0 Å². The number of hydrogen-bond donors (Lipinski definition) is 2. The molecule has 0 unspecified atom stereocenters. The summed E-state index contributed by atoms with van der Waals surface area (Å²) < 4.78 is 5.57. The number of rotatable bonds is 2. The van der Waals surface area contributed by atoms with Crippen LogP contribution in [-0.2, 0) is 0 Å². The number of nitrogen functional groups attached to an aromatic ring is 1. The first-order valence-corrected chi connectivity index (χ1v) is 5.88. The molecule has 92 valence electrons. The normalized spacial score (nSPS) is 17.1. The van der Waals surface area contributed by atoms with Crippen molar-refractivity contribution >= 4 is 23.4 Å². The Hall–Kier alpha value is -2.01. The third kappa shape index (κ3) is 2.04. The van der Waals surface area contributed by atoms with Crippen LogP contribution in [-0.4, -0.2) is 16.6 Å². The maximum atomic E-state index is 5.83. The second kappa shape index (κ2) is 4.34. The summed E-state index contributed by atoms with van der Waals surface area (Å²) in [6, 6.07) is 9.57. The molecule has 2 aromatic rings. The smallest absolute Gasteiger partial charge is 0.223 e. The molecule has 3 N–H and O–H groups in total. The molecular weight excluding hydrogens is 252 g/mol. The van der Waals surface area contributed by atoms with E-state index in [-0.39, 0.29) is 12.0 Å². The number of nitrogens with two attached hydrogens (primary N) is 1. The average Bonchev–Trinajstić information content (AvgIpc) is 2.72. The van der Waals surface area contributed by atoms with Crippen molar-refractivity contribution in [2.24, 2.45) is 0 Å². The Balaban J connectivity index is 1.86. The van der Waals surface area contributed by atoms with Crippen LogP contribution >= 0.6 is 11.6 Å². The summed E-state index contributed by atoms with van der Waals surface area (Å²) in [5, 5.41) is 3.56. The summed E-state index contributed by atoms with van der Waals surface area (Å²) in [6.07, 6.45) is 0. The fourth-order valence-electron chi connectivity index (χ4n) is 1.97. The number of fused-ring (bicyclic) bond motifs is 1. The van der Waals surface area contributed by atoms with Gasteiger partial charge >= 0.3 is 0 Å². The van der Waals surface area contributed by atoms with E-state index in [0.29, 0.717) is 17.6 Å². The van der Waals surface area contributed by atoms with Crippen molar-refractivity contribution in [3.8, 4) is 5.75 Å². The van der Waals surface area contributed by atoms with Crippen LogP contribution < -0.4 is 15.8 Å². The van der Waals surface area contributed by atoms with E-state index < -0.39 is 0 Å². The van der Waals surface area contributed by atoms with Gasteiger partial charge in [-0.1, -0.05) is 29.8 Å². The maximum absolute atomic E-state index is 5.83. The highest BCUT2D eigenvalue weighted by Gasteiger charge is 2.23. The average molecular weight is 263 g/mol. The molecular formula is C12H11ClN4O. The number of halogens is 1. The van der Waals surface area contributed by atoms with Crippen LogP contribution in [0.3, 0.4) is 0 Å². The van der Waals surface area contributed by atoms with Crippen LogP contribution in [0.4, 0.5) is 11.8 Å². The lowest BCUT2D eigenvalue weighted by Gasteiger charge is -2.12. The van der Waals surface area contributed by atoms with Gasteiger partial charge in [-0.05, 0) is 6.07 Å². The fraction of sp³-hybridized carbons (Fsp3) is 0.167. The molecule has 0 radical (unpaired) electrons. The molecule has 0 spiro atoms. The number of nitrogens with zero attached hydrogens (tertiary/aromatic N) is 2. The van der Waals surface area contributed by atoms with Crippen molar-refractivity contribution in [2.45, 2.75) is 6.04 Å². The predicted octanol–water partition coefficient (Wildman–Crippen LogP) is 2.26. The second-order valence-electron chi connectivity index (χ2n) is 3.98. The van der Waals surface area contributed by atoms with Gasteiger partial charge in [-0.2, -0.15) is 4.98 Å². The summed E-state index contributed by atoms with van der Waals surface area (Å²) in [6.45, 7) is 0.556. The lowest BCUT2D eigenvalue weighted by Crippen LogP contribution is -2.13. The fourth-order valence-corrected chi connectivity index (χ4v) is 2.16. The van der Waals surface area contributed by atoms with Crippen molar-refractivity contribution < 1.29 is 4.74 Å². The molecule has 0 aliphatic carbocycles. The zero-order valence-corrected chi connectivity index (χ0v) is 10.2. The van der Waals surface area contributed by atoms with E-state index in [1.165, 1.54) is 0 Å². The van der Waals surface area contributed by atoms with Crippen LogP contribution in [0, 0.1) is 0 Å². The van der Waals surface area contributed by atoms with E-state index >= 15 is 0 Å². The number of hydrogen-bond acceptors (Lipinski definition) is 5. The number of benzene rings is 1. The largest absolute Gasteiger partial charge is 0.491 e. The van der Waals surface area contributed by atoms with E-state index in [1.54, 1.807) is 6.07 Å². The molecule has 0 saturated carbocycles. The molecule has 1 aromatic carbocycles. The summed E-state index contributed by atoms with van der Waals surface area (Å²) in [5.74, 6) is 1.64. The predicted molar refractivity (Wildman–Crippen MR) is 69.8 cm³/mol. The van der Waals surface area contributed by atoms with E-state index in [4.69, 9.17) is 22.1 Å². The van der Waals surface area contributed by atoms with Crippen molar-refractivity contribution in [3.63, 3.8) is 0 Å². The Bertz CT molecular complexity index is 570. The molecule has 3 rings (SSSR count). The first kappa shape index (κ1) is 11.1. The monoisotopic (exact) mass is 262 g/mol. The molecule has 5 nitrogen and oxygen atoms in total. The van der Waals surface area contributed by atoms with Crippen LogP contribution in [0.25, 0.3) is 0 Å². The van der Waals surface area contributed by atoms with Gasteiger partial charge in [0.05, 0.1) is 6.04 Å². The topological polar surface area (TPSA) is 73.1 Å². The molecule has 1 atom stereocenters. The highest BCUT2D eigenvalue weighted by Crippen LogP contribution is 2.33. The summed E-state index contributed by atoms with van der Waals surface area (Å²) >= 11 is 5.83. The molecule has 6 heteroatoms. The minimum atomic E-state index is 0.0477. The zero-order valence-electron chi connectivity index (χ0n) is 9.43. The summed E-state index contributed by atoms with van der Waals surface area (Å²) in [7, 11) is 0. The Labute approximate surface area is 109 Å². The van der Waals surface area contributed by atoms with Crippen LogP contribution in [0.5, 0.6) is 5.75 Å². The van der Waals surface area contributed by atoms with Crippen LogP contribution in [0.15, 0.2) is 30.3 Å². The number of para-hydroxylation sites is 1. The Morgan fingerprint density at radius 2 is 2.17 bits per heavy atom. The van der Waals surface area contributed by atoms with Crippen molar-refractivity contribution in [1.82, 2.24) is 9.97 Å². The molecule has 18 heavy (non-hydrogen) atoms. The minimum Gasteiger partial charge on any atom is -0.491 e. The Morgan fingerprint density at radius 1 is 1.33 bits per heavy atom. The Kier molecular flexibility index (Phi) is 2.68. The number of ether oxygens (including phenoxy) is 1. The molecule has 1 aliphatic heterocycles. The molecule has 0 bridgehead atoms. The summed E-state index contributed by atoms with van der Waals surface area (Å²) in [5.41, 5.74) is 6.65. The second-order valence-corrected chi connectivity index (χ2v) is 4.37. The number of aromatic nitrogens is 2.